The number of hydrogen-bond donors (Lipinski definition) is 2. The van der Waals surface area contributed by atoms with Gasteiger partial charge in [-0.25, -0.2) is 9.97 Å². The number of fused-ring (bicyclic) bond motifs is 2. The van der Waals surface area contributed by atoms with Crippen LogP contribution in [0.1, 0.15) is 37.2 Å². The molecule has 7 nitrogen and oxygen atoms in total. The van der Waals surface area contributed by atoms with E-state index >= 15 is 0 Å². The van der Waals surface area contributed by atoms with Crippen molar-refractivity contribution in [1.82, 2.24) is 19.4 Å². The number of piperidine rings is 1. The molecule has 4 rings (SSSR count). The molecule has 2 saturated heterocycles. The maximum atomic E-state index is 12.4. The second kappa shape index (κ2) is 6.19. The van der Waals surface area contributed by atoms with Crippen LogP contribution in [0.25, 0.3) is 0 Å². The smallest absolute Gasteiger partial charge is 0.240 e. The largest absolute Gasteiger partial charge is 0.382 e. The number of nitrogens with one attached hydrogen (secondary N) is 1. The average Bonchev–Trinajstić information content (AvgIpc) is 3.21. The lowest BCUT2D eigenvalue weighted by Gasteiger charge is -2.43. The van der Waals surface area contributed by atoms with E-state index in [4.69, 9.17) is 0 Å². The first-order valence-electron chi connectivity index (χ1n) is 8.62. The number of aryl methyl sites for hydroxylation is 2. The van der Waals surface area contributed by atoms with Crippen molar-refractivity contribution < 1.29 is 9.90 Å². The Labute approximate surface area is 150 Å². The molecule has 8 heteroatoms. The van der Waals surface area contributed by atoms with E-state index in [1.54, 1.807) is 6.20 Å². The molecule has 134 valence electrons. The third kappa shape index (κ3) is 3.09. The van der Waals surface area contributed by atoms with Crippen LogP contribution in [0.3, 0.4) is 0 Å². The van der Waals surface area contributed by atoms with Crippen LogP contribution in [-0.4, -0.2) is 49.1 Å². The zero-order chi connectivity index (χ0) is 17.6. The van der Waals surface area contributed by atoms with Gasteiger partial charge in [0.15, 0.2) is 5.13 Å². The molecule has 2 atom stereocenters. The zero-order valence-electron chi connectivity index (χ0n) is 14.5. The Bertz CT molecular complexity index is 772. The minimum Gasteiger partial charge on any atom is -0.382 e. The molecule has 2 aliphatic rings. The number of thiazole rings is 1. The molecule has 0 spiro atoms. The lowest BCUT2D eigenvalue weighted by Crippen LogP contribution is -2.52. The minimum absolute atomic E-state index is 0.0336. The molecule has 2 aliphatic heterocycles. The monoisotopic (exact) mass is 361 g/mol. The summed E-state index contributed by atoms with van der Waals surface area (Å²) in [7, 11) is 1.91. The molecule has 2 aromatic rings. The van der Waals surface area contributed by atoms with Crippen LogP contribution in [-0.2, 0) is 17.4 Å². The van der Waals surface area contributed by atoms with E-state index in [9.17, 15) is 9.90 Å². The Morgan fingerprint density at radius 3 is 2.72 bits per heavy atom. The van der Waals surface area contributed by atoms with Crippen LogP contribution in [0.15, 0.2) is 17.8 Å². The van der Waals surface area contributed by atoms with Gasteiger partial charge in [0.2, 0.25) is 5.91 Å². The van der Waals surface area contributed by atoms with Crippen molar-refractivity contribution in [3.8, 4) is 0 Å². The third-order valence-corrected chi connectivity index (χ3v) is 6.22. The quantitative estimate of drug-likeness (QED) is 0.865. The van der Waals surface area contributed by atoms with E-state index in [0.29, 0.717) is 24.5 Å². The third-order valence-electron chi connectivity index (χ3n) is 5.35. The topological polar surface area (TPSA) is 83.3 Å². The number of rotatable bonds is 4. The second-order valence-electron chi connectivity index (χ2n) is 7.20. The van der Waals surface area contributed by atoms with Crippen LogP contribution in [0.4, 0.5) is 5.13 Å². The summed E-state index contributed by atoms with van der Waals surface area (Å²) < 4.78 is 1.90. The van der Waals surface area contributed by atoms with E-state index in [-0.39, 0.29) is 18.0 Å². The van der Waals surface area contributed by atoms with Gasteiger partial charge < -0.3 is 15.0 Å². The predicted octanol–water partition coefficient (Wildman–Crippen LogP) is 1.64. The SMILES string of the molecule is Cc1csc(NC(=O)CN2C3CCC2CC(O)(c2nccn2C)C3)n1. The number of carbonyl (C=O) groups is 1. The van der Waals surface area contributed by atoms with Gasteiger partial charge in [0.1, 0.15) is 11.4 Å². The molecule has 2 aromatic heterocycles. The van der Waals surface area contributed by atoms with Gasteiger partial charge in [-0.1, -0.05) is 0 Å². The number of aliphatic hydroxyl groups is 1. The Hall–Kier alpha value is -1.77. The van der Waals surface area contributed by atoms with Gasteiger partial charge in [0, 0.05) is 36.9 Å². The molecule has 2 bridgehead atoms. The minimum atomic E-state index is -0.899. The Morgan fingerprint density at radius 1 is 1.44 bits per heavy atom. The molecule has 0 aromatic carbocycles. The lowest BCUT2D eigenvalue weighted by atomic mass is 9.85. The first-order chi connectivity index (χ1) is 11.9. The van der Waals surface area contributed by atoms with E-state index < -0.39 is 5.60 Å². The first-order valence-corrected chi connectivity index (χ1v) is 9.50. The first kappa shape index (κ1) is 16.7. The number of aromatic nitrogens is 3. The molecule has 25 heavy (non-hydrogen) atoms. The van der Waals surface area contributed by atoms with Crippen molar-refractivity contribution in [2.24, 2.45) is 7.05 Å². The maximum Gasteiger partial charge on any atom is 0.240 e. The summed E-state index contributed by atoms with van der Waals surface area (Å²) in [5, 5.41) is 16.6. The summed E-state index contributed by atoms with van der Waals surface area (Å²) in [6.07, 6.45) is 6.87. The van der Waals surface area contributed by atoms with Gasteiger partial charge in [-0.05, 0) is 32.6 Å². The number of anilines is 1. The summed E-state index contributed by atoms with van der Waals surface area (Å²) in [4.78, 5) is 23.3. The fourth-order valence-electron chi connectivity index (χ4n) is 4.31. The summed E-state index contributed by atoms with van der Waals surface area (Å²) in [6.45, 7) is 2.26. The van der Waals surface area contributed by atoms with Crippen molar-refractivity contribution in [2.45, 2.75) is 50.3 Å². The normalized spacial score (nSPS) is 29.1. The zero-order valence-corrected chi connectivity index (χ0v) is 15.3. The van der Waals surface area contributed by atoms with E-state index in [2.05, 4.69) is 20.2 Å². The van der Waals surface area contributed by atoms with Gasteiger partial charge in [-0.3, -0.25) is 9.69 Å². The van der Waals surface area contributed by atoms with Crippen LogP contribution in [0, 0.1) is 6.92 Å². The van der Waals surface area contributed by atoms with Crippen LogP contribution < -0.4 is 5.32 Å². The summed E-state index contributed by atoms with van der Waals surface area (Å²) in [6, 6.07) is 0.425. The molecule has 2 fully saturated rings. The molecule has 2 unspecified atom stereocenters. The van der Waals surface area contributed by atoms with Crippen molar-refractivity contribution in [2.75, 3.05) is 11.9 Å². The number of imidazole rings is 1. The van der Waals surface area contributed by atoms with Crippen molar-refractivity contribution in [3.05, 3.63) is 29.3 Å². The van der Waals surface area contributed by atoms with E-state index in [1.165, 1.54) is 11.3 Å². The molecule has 0 saturated carbocycles. The van der Waals surface area contributed by atoms with Crippen molar-refractivity contribution >= 4 is 22.4 Å². The van der Waals surface area contributed by atoms with Crippen molar-refractivity contribution in [1.29, 1.82) is 0 Å². The van der Waals surface area contributed by atoms with Crippen LogP contribution >= 0.6 is 11.3 Å². The average molecular weight is 361 g/mol. The second-order valence-corrected chi connectivity index (χ2v) is 8.06. The fraction of sp³-hybridized carbons (Fsp3) is 0.588. The predicted molar refractivity (Wildman–Crippen MR) is 95.3 cm³/mol. The molecule has 2 N–H and O–H groups in total. The Morgan fingerprint density at radius 2 is 2.16 bits per heavy atom. The summed E-state index contributed by atoms with van der Waals surface area (Å²) in [5.74, 6) is 0.695. The molecule has 0 radical (unpaired) electrons. The number of carbonyl (C=O) groups excluding carboxylic acids is 1. The maximum absolute atomic E-state index is 12.4. The van der Waals surface area contributed by atoms with Gasteiger partial charge in [-0.15, -0.1) is 11.3 Å². The Balaban J connectivity index is 1.44. The molecule has 4 heterocycles. The van der Waals surface area contributed by atoms with Gasteiger partial charge in [0.05, 0.1) is 12.2 Å². The van der Waals surface area contributed by atoms with E-state index in [1.807, 2.05) is 30.1 Å². The molecule has 1 amide bonds. The number of amides is 1. The highest BCUT2D eigenvalue weighted by Gasteiger charge is 2.50. The van der Waals surface area contributed by atoms with Crippen LogP contribution in [0.2, 0.25) is 0 Å². The van der Waals surface area contributed by atoms with Gasteiger partial charge in [0.25, 0.3) is 0 Å². The van der Waals surface area contributed by atoms with Crippen LogP contribution in [0.5, 0.6) is 0 Å². The number of hydrogen-bond acceptors (Lipinski definition) is 6. The fourth-order valence-corrected chi connectivity index (χ4v) is 5.01. The summed E-state index contributed by atoms with van der Waals surface area (Å²) in [5.41, 5.74) is 0.0159. The highest BCUT2D eigenvalue weighted by molar-refractivity contribution is 7.13. The Kier molecular flexibility index (Phi) is 4.13. The molecule has 0 aliphatic carbocycles. The van der Waals surface area contributed by atoms with Gasteiger partial charge in [-0.2, -0.15) is 0 Å². The number of nitrogens with zero attached hydrogens (tertiary/aromatic N) is 4. The molecular formula is C17H23N5O2S. The highest BCUT2D eigenvalue weighted by atomic mass is 32.1. The molecular weight excluding hydrogens is 338 g/mol. The van der Waals surface area contributed by atoms with E-state index in [0.717, 1.165) is 24.4 Å². The lowest BCUT2D eigenvalue weighted by molar-refractivity contribution is -0.121. The highest BCUT2D eigenvalue weighted by Crippen LogP contribution is 2.44. The summed E-state index contributed by atoms with van der Waals surface area (Å²) >= 11 is 1.44. The van der Waals surface area contributed by atoms with Gasteiger partial charge >= 0.3 is 0 Å². The van der Waals surface area contributed by atoms with Crippen molar-refractivity contribution in [3.63, 3.8) is 0 Å². The standard InChI is InChI=1S/C17H23N5O2S/c1-11-10-25-16(19-11)20-14(23)9-22-12-3-4-13(22)8-17(24,7-12)15-18-5-6-21(15)2/h5-6,10,12-13,24H,3-4,7-9H2,1-2H3,(H,19,20,23).